The molecule has 1 saturated heterocycles. The van der Waals surface area contributed by atoms with Gasteiger partial charge >= 0.3 is 0 Å². The maximum Gasteiger partial charge on any atom is 0.261 e. The van der Waals surface area contributed by atoms with Crippen molar-refractivity contribution in [3.8, 4) is 11.5 Å². The summed E-state index contributed by atoms with van der Waals surface area (Å²) in [6.45, 7) is 11.2. The Labute approximate surface area is 302 Å². The Morgan fingerprint density at radius 1 is 0.863 bits per heavy atom. The molecule has 0 radical (unpaired) electrons. The van der Waals surface area contributed by atoms with E-state index in [0.29, 0.717) is 17.1 Å². The van der Waals surface area contributed by atoms with Crippen molar-refractivity contribution in [2.24, 2.45) is 0 Å². The van der Waals surface area contributed by atoms with Gasteiger partial charge in [-0.3, -0.25) is 4.79 Å². The first-order valence-electron chi connectivity index (χ1n) is 17.5. The molecule has 0 bridgehead atoms. The Hall–Kier alpha value is -4.03. The Morgan fingerprint density at radius 2 is 1.47 bits per heavy atom. The van der Waals surface area contributed by atoms with E-state index in [1.165, 1.54) is 10.4 Å². The van der Waals surface area contributed by atoms with Gasteiger partial charge in [-0.15, -0.1) is 0 Å². The summed E-state index contributed by atoms with van der Waals surface area (Å²) in [4.78, 5) is 13.4. The topological polar surface area (TPSA) is 93.7 Å². The van der Waals surface area contributed by atoms with E-state index in [0.717, 1.165) is 5.56 Å². The molecule has 1 fully saturated rings. The van der Waals surface area contributed by atoms with Crippen LogP contribution in [0.4, 0.5) is 0 Å². The molecule has 1 amide bonds. The number of methoxy groups -OCH3 is 1. The molecular formula is C41H49NO8Si. The lowest BCUT2D eigenvalue weighted by Crippen LogP contribution is -2.67. The van der Waals surface area contributed by atoms with E-state index in [4.69, 9.17) is 32.8 Å². The standard InChI is InChI=1S/C41H49NO8Si/c1-40(2,3)51(31-18-12-8-13-19-31,32-20-14-9-15-21-32)48-26-36-38(50-41(4,5)49-36)37(47-27-44-6)33(25-42-39(43)29-16-10-7-11-17-29)30-22-23-34-35(24-30)46-28-45-34/h7-24,33,36-38H,25-28H2,1-6H3,(H,42,43)/t33-,36-,37+,38+/m0/s1. The van der Waals surface area contributed by atoms with Crippen LogP contribution in [-0.2, 0) is 23.4 Å². The second kappa shape index (κ2) is 15.7. The third-order valence-corrected chi connectivity index (χ3v) is 14.5. The number of hydrogen-bond donors (Lipinski definition) is 1. The van der Waals surface area contributed by atoms with Crippen molar-refractivity contribution in [1.29, 1.82) is 0 Å². The van der Waals surface area contributed by atoms with E-state index in [-0.39, 0.29) is 37.7 Å². The zero-order chi connectivity index (χ0) is 36.1. The van der Waals surface area contributed by atoms with Crippen molar-refractivity contribution >= 4 is 24.6 Å². The highest BCUT2D eigenvalue weighted by Gasteiger charge is 2.53. The second-order valence-electron chi connectivity index (χ2n) is 14.4. The minimum atomic E-state index is -2.91. The molecule has 2 aliphatic heterocycles. The van der Waals surface area contributed by atoms with Gasteiger partial charge in [0.25, 0.3) is 14.2 Å². The van der Waals surface area contributed by atoms with Gasteiger partial charge in [0.15, 0.2) is 17.3 Å². The Morgan fingerprint density at radius 3 is 2.08 bits per heavy atom. The van der Waals surface area contributed by atoms with Crippen LogP contribution in [0.5, 0.6) is 11.5 Å². The minimum absolute atomic E-state index is 0.000918. The Bertz CT molecular complexity index is 1690. The molecule has 4 aromatic carbocycles. The number of carbonyl (C=O) groups excluding carboxylic acids is 1. The minimum Gasteiger partial charge on any atom is -0.454 e. The summed E-state index contributed by atoms with van der Waals surface area (Å²) in [7, 11) is -1.33. The second-order valence-corrected chi connectivity index (χ2v) is 18.8. The van der Waals surface area contributed by atoms with Crippen LogP contribution in [0, 0.1) is 0 Å². The van der Waals surface area contributed by atoms with Crippen LogP contribution >= 0.6 is 0 Å². The van der Waals surface area contributed by atoms with Gasteiger partial charge in [-0.2, -0.15) is 0 Å². The molecule has 51 heavy (non-hydrogen) atoms. The van der Waals surface area contributed by atoms with Crippen LogP contribution in [0.3, 0.4) is 0 Å². The molecule has 4 atom stereocenters. The Kier molecular flexibility index (Phi) is 11.3. The summed E-state index contributed by atoms with van der Waals surface area (Å²) in [6, 6.07) is 36.0. The van der Waals surface area contributed by atoms with Crippen molar-refractivity contribution < 1.29 is 37.6 Å². The first kappa shape index (κ1) is 36.7. The average Bonchev–Trinajstić information content (AvgIpc) is 3.73. The molecule has 2 heterocycles. The molecule has 6 rings (SSSR count). The number of amides is 1. The molecule has 0 aromatic heterocycles. The molecule has 0 aliphatic carbocycles. The van der Waals surface area contributed by atoms with Crippen molar-refractivity contribution in [1.82, 2.24) is 5.32 Å². The van der Waals surface area contributed by atoms with Gasteiger partial charge in [0.1, 0.15) is 19.0 Å². The van der Waals surface area contributed by atoms with E-state index in [9.17, 15) is 4.79 Å². The smallest absolute Gasteiger partial charge is 0.261 e. The lowest BCUT2D eigenvalue weighted by Gasteiger charge is -2.44. The highest BCUT2D eigenvalue weighted by atomic mass is 28.4. The number of benzene rings is 4. The van der Waals surface area contributed by atoms with E-state index in [1.807, 2.05) is 62.4 Å². The first-order chi connectivity index (χ1) is 24.5. The van der Waals surface area contributed by atoms with Crippen LogP contribution < -0.4 is 25.2 Å². The Balaban J connectivity index is 1.37. The number of hydrogen-bond acceptors (Lipinski definition) is 8. The summed E-state index contributed by atoms with van der Waals surface area (Å²) >= 11 is 0. The molecule has 4 aromatic rings. The maximum atomic E-state index is 13.4. The molecule has 10 heteroatoms. The summed E-state index contributed by atoms with van der Waals surface area (Å²) in [5.41, 5.74) is 1.45. The van der Waals surface area contributed by atoms with E-state index in [1.54, 1.807) is 19.2 Å². The van der Waals surface area contributed by atoms with Gasteiger partial charge in [-0.05, 0) is 59.1 Å². The highest BCUT2D eigenvalue weighted by molar-refractivity contribution is 6.99. The fourth-order valence-corrected chi connectivity index (χ4v) is 11.9. The van der Waals surface area contributed by atoms with Gasteiger partial charge in [0.2, 0.25) is 6.79 Å². The predicted molar refractivity (Wildman–Crippen MR) is 198 cm³/mol. The van der Waals surface area contributed by atoms with E-state index < -0.39 is 38.3 Å². The molecule has 270 valence electrons. The van der Waals surface area contributed by atoms with Crippen LogP contribution in [0.2, 0.25) is 5.04 Å². The normalized spacial score (nSPS) is 19.4. The summed E-state index contributed by atoms with van der Waals surface area (Å²) in [5, 5.41) is 5.26. The third-order valence-electron chi connectivity index (χ3n) is 9.54. The lowest BCUT2D eigenvalue weighted by molar-refractivity contribution is -0.173. The highest BCUT2D eigenvalue weighted by Crippen LogP contribution is 2.42. The lowest BCUT2D eigenvalue weighted by atomic mass is 9.87. The van der Waals surface area contributed by atoms with Gasteiger partial charge in [-0.25, -0.2) is 0 Å². The van der Waals surface area contributed by atoms with Crippen molar-refractivity contribution in [3.63, 3.8) is 0 Å². The van der Waals surface area contributed by atoms with Crippen LogP contribution in [0.15, 0.2) is 109 Å². The van der Waals surface area contributed by atoms with E-state index in [2.05, 4.69) is 74.6 Å². The van der Waals surface area contributed by atoms with Gasteiger partial charge in [0.05, 0.1) is 12.7 Å². The quantitative estimate of drug-likeness (QED) is 0.126. The first-order valence-corrected chi connectivity index (χ1v) is 19.4. The molecule has 0 unspecified atom stereocenters. The van der Waals surface area contributed by atoms with E-state index >= 15 is 0 Å². The summed E-state index contributed by atoms with van der Waals surface area (Å²) < 4.78 is 44.2. The maximum absolute atomic E-state index is 13.4. The largest absolute Gasteiger partial charge is 0.454 e. The fourth-order valence-electron chi connectivity index (χ4n) is 7.29. The van der Waals surface area contributed by atoms with Crippen molar-refractivity contribution in [3.05, 3.63) is 120 Å². The molecule has 0 saturated carbocycles. The van der Waals surface area contributed by atoms with Crippen LogP contribution in [0.25, 0.3) is 0 Å². The number of nitrogens with one attached hydrogen (secondary N) is 1. The number of carbonyl (C=O) groups is 1. The number of fused-ring (bicyclic) bond motifs is 1. The van der Waals surface area contributed by atoms with Crippen molar-refractivity contribution in [2.45, 2.75) is 69.7 Å². The predicted octanol–water partition coefficient (Wildman–Crippen LogP) is 6.01. The zero-order valence-corrected chi connectivity index (χ0v) is 31.3. The molecule has 2 aliphatic rings. The molecular weight excluding hydrogens is 663 g/mol. The van der Waals surface area contributed by atoms with Crippen LogP contribution in [-0.4, -0.2) is 72.2 Å². The summed E-state index contributed by atoms with van der Waals surface area (Å²) in [6.07, 6.45) is -1.75. The zero-order valence-electron chi connectivity index (χ0n) is 30.3. The van der Waals surface area contributed by atoms with Crippen LogP contribution in [0.1, 0.15) is 56.5 Å². The summed E-state index contributed by atoms with van der Waals surface area (Å²) in [5.74, 6) is -0.236. The van der Waals surface area contributed by atoms with Crippen molar-refractivity contribution in [2.75, 3.05) is 33.8 Å². The van der Waals surface area contributed by atoms with Gasteiger partial charge < -0.3 is 38.2 Å². The SMILES string of the molecule is COCO[C@@H]([C@@H]1OC(C)(C)O[C@H]1CO[Si](c1ccccc1)(c1ccccc1)C(C)(C)C)[C@@H](CNC(=O)c1ccccc1)c1ccc2c(c1)OCO2. The molecule has 9 nitrogen and oxygen atoms in total. The monoisotopic (exact) mass is 711 g/mol. The number of rotatable bonds is 14. The fraction of sp³-hybridized carbons (Fsp3) is 0.390. The molecule has 1 N–H and O–H groups in total. The average molecular weight is 712 g/mol. The van der Waals surface area contributed by atoms with Gasteiger partial charge in [0, 0.05) is 25.1 Å². The number of ether oxygens (including phenoxy) is 6. The van der Waals surface area contributed by atoms with Gasteiger partial charge in [-0.1, -0.05) is 106 Å². The molecule has 0 spiro atoms. The third kappa shape index (κ3) is 8.06.